The van der Waals surface area contributed by atoms with E-state index >= 15 is 0 Å². The summed E-state index contributed by atoms with van der Waals surface area (Å²) in [6.07, 6.45) is 1.58. The van der Waals surface area contributed by atoms with Crippen molar-refractivity contribution in [1.82, 2.24) is 0 Å². The lowest BCUT2D eigenvalue weighted by Gasteiger charge is -2.12. The van der Waals surface area contributed by atoms with Crippen LogP contribution in [0.4, 0.5) is 0 Å². The first-order valence-electron chi connectivity index (χ1n) is 5.10. The van der Waals surface area contributed by atoms with Gasteiger partial charge in [0.05, 0.1) is 26.9 Å². The second kappa shape index (κ2) is 6.33. The van der Waals surface area contributed by atoms with Crippen molar-refractivity contribution < 1.29 is 19.3 Å². The lowest BCUT2D eigenvalue weighted by molar-refractivity contribution is -0.456. The molecule has 1 aromatic rings. The molecule has 0 amide bonds. The van der Waals surface area contributed by atoms with E-state index in [1.807, 2.05) is 0 Å². The standard InChI is InChI=1S/C11H16N4O3/c1-16-8-5-4-7(6-14-15-11(12)13)9(17-2)10(8)18-3/h4-6H,1-3H3,(H4,12,13,15)/p+1. The maximum atomic E-state index is 5.28. The molecule has 7 nitrogen and oxygen atoms in total. The normalized spacial score (nSPS) is 10.2. The van der Waals surface area contributed by atoms with Gasteiger partial charge in [-0.15, -0.1) is 5.10 Å². The maximum Gasteiger partial charge on any atom is 0.256 e. The third kappa shape index (κ3) is 3.03. The Balaban J connectivity index is 3.21. The van der Waals surface area contributed by atoms with Crippen molar-refractivity contribution in [2.75, 3.05) is 21.3 Å². The van der Waals surface area contributed by atoms with Crippen LogP contribution < -0.4 is 30.8 Å². The largest absolute Gasteiger partial charge is 0.493 e. The molecule has 0 saturated heterocycles. The van der Waals surface area contributed by atoms with Crippen LogP contribution in [0.5, 0.6) is 17.2 Å². The fourth-order valence-corrected chi connectivity index (χ4v) is 1.41. The number of guanidine groups is 1. The number of hydrazone groups is 1. The minimum atomic E-state index is -0.0642. The minimum absolute atomic E-state index is 0.0642. The molecule has 7 heteroatoms. The minimum Gasteiger partial charge on any atom is -0.493 e. The van der Waals surface area contributed by atoms with Gasteiger partial charge in [0.15, 0.2) is 11.5 Å². The first-order chi connectivity index (χ1) is 8.63. The quantitative estimate of drug-likeness (QED) is 0.333. The Morgan fingerprint density at radius 2 is 1.78 bits per heavy atom. The van der Waals surface area contributed by atoms with E-state index in [0.29, 0.717) is 17.2 Å². The smallest absolute Gasteiger partial charge is 0.256 e. The number of nitrogens with zero attached hydrogens (tertiary/aromatic N) is 1. The molecule has 0 aromatic heterocycles. The molecule has 0 atom stereocenters. The molecular formula is C11H17N4O3+. The highest BCUT2D eigenvalue weighted by Gasteiger charge is 2.15. The van der Waals surface area contributed by atoms with Gasteiger partial charge in [0.1, 0.15) is 0 Å². The van der Waals surface area contributed by atoms with Crippen molar-refractivity contribution in [3.8, 4) is 17.2 Å². The van der Waals surface area contributed by atoms with Crippen LogP contribution in [0, 0.1) is 0 Å². The summed E-state index contributed by atoms with van der Waals surface area (Å²) < 4.78 is 15.7. The van der Waals surface area contributed by atoms with Crippen molar-refractivity contribution in [1.29, 1.82) is 0 Å². The summed E-state index contributed by atoms with van der Waals surface area (Å²) in [6, 6.07) is 3.54. The van der Waals surface area contributed by atoms with Gasteiger partial charge in [0.2, 0.25) is 12.0 Å². The van der Waals surface area contributed by atoms with Gasteiger partial charge in [-0.1, -0.05) is 0 Å². The molecule has 0 radical (unpaired) electrons. The first-order valence-corrected chi connectivity index (χ1v) is 5.10. The zero-order chi connectivity index (χ0) is 13.5. The van der Waals surface area contributed by atoms with Gasteiger partial charge in [-0.2, -0.15) is 0 Å². The maximum absolute atomic E-state index is 5.28. The molecule has 1 aromatic carbocycles. The molecule has 0 unspecified atom stereocenters. The molecule has 0 heterocycles. The van der Waals surface area contributed by atoms with Crippen molar-refractivity contribution in [3.05, 3.63) is 17.7 Å². The molecule has 0 fully saturated rings. The van der Waals surface area contributed by atoms with E-state index in [1.54, 1.807) is 25.5 Å². The summed E-state index contributed by atoms with van der Waals surface area (Å²) in [6.45, 7) is 0. The molecule has 0 saturated carbocycles. The first kappa shape index (κ1) is 13.6. The van der Waals surface area contributed by atoms with Gasteiger partial charge in [-0.05, 0) is 12.1 Å². The fraction of sp³-hybridized carbons (Fsp3) is 0.273. The Hall–Kier alpha value is -2.44. The van der Waals surface area contributed by atoms with Gasteiger partial charge in [-0.3, -0.25) is 0 Å². The number of ether oxygens (including phenoxy) is 3. The predicted octanol–water partition coefficient (Wildman–Crippen LogP) is -1.60. The highest BCUT2D eigenvalue weighted by molar-refractivity contribution is 5.83. The van der Waals surface area contributed by atoms with E-state index in [1.165, 1.54) is 14.2 Å². The van der Waals surface area contributed by atoms with E-state index in [0.717, 1.165) is 5.56 Å². The lowest BCUT2D eigenvalue weighted by atomic mass is 10.2. The molecule has 18 heavy (non-hydrogen) atoms. The summed E-state index contributed by atoms with van der Waals surface area (Å²) in [5.74, 6) is 1.54. The third-order valence-electron chi connectivity index (χ3n) is 2.15. The Kier molecular flexibility index (Phi) is 4.79. The van der Waals surface area contributed by atoms with Crippen LogP contribution in [-0.4, -0.2) is 33.5 Å². The Bertz CT molecular complexity index is 468. The molecule has 0 aliphatic heterocycles. The second-order valence-corrected chi connectivity index (χ2v) is 3.23. The molecule has 5 N–H and O–H groups in total. The highest BCUT2D eigenvalue weighted by atomic mass is 16.5. The van der Waals surface area contributed by atoms with E-state index in [9.17, 15) is 0 Å². The lowest BCUT2D eigenvalue weighted by Crippen LogP contribution is -2.63. The van der Waals surface area contributed by atoms with E-state index in [-0.39, 0.29) is 5.96 Å². The van der Waals surface area contributed by atoms with E-state index in [4.69, 9.17) is 25.7 Å². The zero-order valence-corrected chi connectivity index (χ0v) is 10.6. The van der Waals surface area contributed by atoms with Gasteiger partial charge in [-0.25, -0.2) is 0 Å². The summed E-state index contributed by atoms with van der Waals surface area (Å²) >= 11 is 0. The molecule has 1 rings (SSSR count). The van der Waals surface area contributed by atoms with Crippen LogP contribution in [0.2, 0.25) is 0 Å². The highest BCUT2D eigenvalue weighted by Crippen LogP contribution is 2.38. The summed E-state index contributed by atoms with van der Waals surface area (Å²) in [7, 11) is 4.63. The topological polar surface area (TPSA) is 106 Å². The Morgan fingerprint density at radius 3 is 2.28 bits per heavy atom. The summed E-state index contributed by atoms with van der Waals surface area (Å²) in [5, 5.41) is 6.23. The summed E-state index contributed by atoms with van der Waals surface area (Å²) in [5.41, 5.74) is 11.1. The number of hydrogen-bond donors (Lipinski definition) is 3. The van der Waals surface area contributed by atoms with Crippen LogP contribution in [0.25, 0.3) is 0 Å². The average Bonchev–Trinajstić information content (AvgIpc) is 2.37. The summed E-state index contributed by atoms with van der Waals surface area (Å²) in [4.78, 5) is 0. The van der Waals surface area contributed by atoms with Crippen LogP contribution in [0.1, 0.15) is 5.56 Å². The third-order valence-corrected chi connectivity index (χ3v) is 2.15. The Labute approximate surface area is 105 Å². The zero-order valence-electron chi connectivity index (χ0n) is 10.6. The Morgan fingerprint density at radius 1 is 1.11 bits per heavy atom. The molecule has 0 aliphatic rings. The molecule has 98 valence electrons. The molecule has 0 aliphatic carbocycles. The van der Waals surface area contributed by atoms with Crippen LogP contribution in [0.3, 0.4) is 0 Å². The number of rotatable bonds is 5. The second-order valence-electron chi connectivity index (χ2n) is 3.23. The van der Waals surface area contributed by atoms with Crippen molar-refractivity contribution in [2.45, 2.75) is 0 Å². The van der Waals surface area contributed by atoms with Gasteiger partial charge < -0.3 is 25.7 Å². The number of nitrogens with one attached hydrogen (secondary N) is 1. The van der Waals surface area contributed by atoms with Crippen LogP contribution in [-0.2, 0) is 0 Å². The monoisotopic (exact) mass is 253 g/mol. The predicted molar refractivity (Wildman–Crippen MR) is 68.0 cm³/mol. The van der Waals surface area contributed by atoms with E-state index < -0.39 is 0 Å². The number of methoxy groups -OCH3 is 3. The SMILES string of the molecule is COc1ccc(C=[NH+]N=C(N)N)c(OC)c1OC. The van der Waals surface area contributed by atoms with E-state index in [2.05, 4.69) is 10.2 Å². The average molecular weight is 253 g/mol. The number of benzene rings is 1. The van der Waals surface area contributed by atoms with Gasteiger partial charge >= 0.3 is 0 Å². The van der Waals surface area contributed by atoms with Crippen molar-refractivity contribution in [2.24, 2.45) is 16.6 Å². The number of hydrogen-bond acceptors (Lipinski definition) is 4. The van der Waals surface area contributed by atoms with Crippen molar-refractivity contribution in [3.63, 3.8) is 0 Å². The van der Waals surface area contributed by atoms with Gasteiger partial charge in [0.25, 0.3) is 5.96 Å². The number of nitrogens with two attached hydrogens (primary N) is 2. The molecular weight excluding hydrogens is 236 g/mol. The van der Waals surface area contributed by atoms with Crippen LogP contribution >= 0.6 is 0 Å². The van der Waals surface area contributed by atoms with Gasteiger partial charge in [0, 0.05) is 5.10 Å². The van der Waals surface area contributed by atoms with Crippen LogP contribution in [0.15, 0.2) is 17.2 Å². The van der Waals surface area contributed by atoms with Crippen molar-refractivity contribution >= 4 is 12.2 Å². The molecule has 0 spiro atoms. The fourth-order valence-electron chi connectivity index (χ4n) is 1.41. The molecule has 0 bridgehead atoms.